The quantitative estimate of drug-likeness (QED) is 0.745. The molecule has 0 aliphatic carbocycles. The van der Waals surface area contributed by atoms with Crippen molar-refractivity contribution >= 4 is 12.6 Å². The minimum absolute atomic E-state index is 0.332. The molecule has 3 rings (SSSR count). The SMILES string of the molecule is CC1COc2cc(F)c(B3OC(C)(C)C(C)(C)O3)cc2C1. The number of ether oxygens (including phenoxy) is 1. The molecule has 21 heavy (non-hydrogen) atoms. The average molecular weight is 292 g/mol. The Balaban J connectivity index is 1.95. The standard InChI is InChI=1S/C16H22BFO3/c1-10-6-11-7-12(13(18)8-14(11)19-9-10)17-20-15(2,3)16(4,5)21-17/h7-8,10H,6,9H2,1-5H3. The molecule has 5 heteroatoms. The molecule has 2 aliphatic heterocycles. The molecule has 0 N–H and O–H groups in total. The zero-order valence-electron chi connectivity index (χ0n) is 13.3. The lowest BCUT2D eigenvalue weighted by atomic mass is 9.77. The van der Waals surface area contributed by atoms with E-state index in [1.165, 1.54) is 6.07 Å². The van der Waals surface area contributed by atoms with Crippen LogP contribution in [-0.2, 0) is 15.7 Å². The highest BCUT2D eigenvalue weighted by Crippen LogP contribution is 2.37. The summed E-state index contributed by atoms with van der Waals surface area (Å²) in [6.45, 7) is 10.6. The van der Waals surface area contributed by atoms with Crippen molar-refractivity contribution in [1.29, 1.82) is 0 Å². The molecule has 1 saturated heterocycles. The van der Waals surface area contributed by atoms with Crippen LogP contribution >= 0.6 is 0 Å². The van der Waals surface area contributed by atoms with Gasteiger partial charge in [-0.3, -0.25) is 0 Å². The summed E-state index contributed by atoms with van der Waals surface area (Å²) in [7, 11) is -0.669. The molecular weight excluding hydrogens is 270 g/mol. The predicted octanol–water partition coefficient (Wildman–Crippen LogP) is 2.70. The maximum absolute atomic E-state index is 14.4. The summed E-state index contributed by atoms with van der Waals surface area (Å²) in [4.78, 5) is 0. The fourth-order valence-corrected chi connectivity index (χ4v) is 2.73. The van der Waals surface area contributed by atoms with Crippen molar-refractivity contribution in [3.05, 3.63) is 23.5 Å². The van der Waals surface area contributed by atoms with Crippen molar-refractivity contribution in [3.8, 4) is 5.75 Å². The number of rotatable bonds is 1. The Kier molecular flexibility index (Phi) is 3.34. The molecule has 0 amide bonds. The maximum atomic E-state index is 14.4. The maximum Gasteiger partial charge on any atom is 0.497 e. The molecule has 0 spiro atoms. The molecule has 114 valence electrons. The predicted molar refractivity (Wildman–Crippen MR) is 80.5 cm³/mol. The Bertz CT molecular complexity index is 555. The number of halogens is 1. The minimum atomic E-state index is -0.669. The number of hydrogen-bond donors (Lipinski definition) is 0. The molecule has 2 aliphatic rings. The van der Waals surface area contributed by atoms with Crippen LogP contribution < -0.4 is 10.2 Å². The molecule has 0 bridgehead atoms. The van der Waals surface area contributed by atoms with Gasteiger partial charge in [-0.2, -0.15) is 0 Å². The fraction of sp³-hybridized carbons (Fsp3) is 0.625. The number of fused-ring (bicyclic) bond motifs is 1. The van der Waals surface area contributed by atoms with Gasteiger partial charge in [-0.05, 0) is 45.6 Å². The van der Waals surface area contributed by atoms with Crippen LogP contribution in [0.15, 0.2) is 12.1 Å². The Morgan fingerprint density at radius 1 is 1.14 bits per heavy atom. The van der Waals surface area contributed by atoms with Crippen LogP contribution in [0.3, 0.4) is 0 Å². The molecule has 1 atom stereocenters. The van der Waals surface area contributed by atoms with E-state index in [2.05, 4.69) is 6.92 Å². The molecule has 0 saturated carbocycles. The van der Waals surface area contributed by atoms with Crippen LogP contribution in [-0.4, -0.2) is 24.9 Å². The van der Waals surface area contributed by atoms with Gasteiger partial charge in [0.25, 0.3) is 0 Å². The summed E-state index contributed by atoms with van der Waals surface area (Å²) < 4.78 is 31.9. The lowest BCUT2D eigenvalue weighted by molar-refractivity contribution is 0.00578. The van der Waals surface area contributed by atoms with E-state index in [1.807, 2.05) is 33.8 Å². The van der Waals surface area contributed by atoms with Gasteiger partial charge in [0.2, 0.25) is 0 Å². The monoisotopic (exact) mass is 292 g/mol. The molecule has 3 nitrogen and oxygen atoms in total. The first-order valence-corrected chi connectivity index (χ1v) is 7.50. The molecule has 0 aromatic heterocycles. The van der Waals surface area contributed by atoms with E-state index in [9.17, 15) is 4.39 Å². The van der Waals surface area contributed by atoms with E-state index >= 15 is 0 Å². The summed E-state index contributed by atoms with van der Waals surface area (Å²) in [5, 5.41) is 0. The van der Waals surface area contributed by atoms with Crippen molar-refractivity contribution in [2.24, 2.45) is 5.92 Å². The Hall–Kier alpha value is -1.07. The third-order valence-electron chi connectivity index (χ3n) is 4.78. The van der Waals surface area contributed by atoms with Gasteiger partial charge in [0.1, 0.15) is 11.6 Å². The molecule has 1 aromatic carbocycles. The van der Waals surface area contributed by atoms with Gasteiger partial charge in [-0.1, -0.05) is 13.0 Å². The van der Waals surface area contributed by atoms with Crippen LogP contribution in [0.5, 0.6) is 5.75 Å². The molecule has 1 aromatic rings. The van der Waals surface area contributed by atoms with E-state index in [1.54, 1.807) is 0 Å². The highest BCUT2D eigenvalue weighted by Gasteiger charge is 2.52. The van der Waals surface area contributed by atoms with Gasteiger partial charge in [0.05, 0.1) is 17.8 Å². The van der Waals surface area contributed by atoms with Crippen molar-refractivity contribution in [2.75, 3.05) is 6.61 Å². The summed E-state index contributed by atoms with van der Waals surface area (Å²) in [5.41, 5.74) is 0.554. The van der Waals surface area contributed by atoms with E-state index < -0.39 is 18.3 Å². The van der Waals surface area contributed by atoms with Crippen molar-refractivity contribution in [3.63, 3.8) is 0 Å². The Labute approximate surface area is 125 Å². The van der Waals surface area contributed by atoms with Crippen molar-refractivity contribution in [2.45, 2.75) is 52.2 Å². The normalized spacial score (nSPS) is 26.4. The Morgan fingerprint density at radius 2 is 1.76 bits per heavy atom. The first-order valence-electron chi connectivity index (χ1n) is 7.50. The van der Waals surface area contributed by atoms with E-state index in [0.717, 1.165) is 12.0 Å². The second-order valence-corrected chi connectivity index (χ2v) is 7.19. The van der Waals surface area contributed by atoms with E-state index in [-0.39, 0.29) is 5.82 Å². The second-order valence-electron chi connectivity index (χ2n) is 7.19. The minimum Gasteiger partial charge on any atom is -0.493 e. The smallest absolute Gasteiger partial charge is 0.493 e. The van der Waals surface area contributed by atoms with Gasteiger partial charge in [0.15, 0.2) is 0 Å². The summed E-state index contributed by atoms with van der Waals surface area (Å²) >= 11 is 0. The van der Waals surface area contributed by atoms with Gasteiger partial charge < -0.3 is 14.0 Å². The van der Waals surface area contributed by atoms with Gasteiger partial charge in [0, 0.05) is 11.5 Å². The summed E-state index contributed by atoms with van der Waals surface area (Å²) in [6.07, 6.45) is 0.891. The molecule has 0 radical (unpaired) electrons. The average Bonchev–Trinajstić information content (AvgIpc) is 2.58. The van der Waals surface area contributed by atoms with Crippen LogP contribution in [0, 0.1) is 11.7 Å². The highest BCUT2D eigenvalue weighted by molar-refractivity contribution is 6.62. The van der Waals surface area contributed by atoms with Crippen molar-refractivity contribution in [1.82, 2.24) is 0 Å². The topological polar surface area (TPSA) is 27.7 Å². The molecule has 1 fully saturated rings. The molecular formula is C16H22BFO3. The third kappa shape index (κ3) is 2.47. The van der Waals surface area contributed by atoms with Crippen LogP contribution in [0.25, 0.3) is 0 Å². The Morgan fingerprint density at radius 3 is 2.38 bits per heavy atom. The second kappa shape index (κ2) is 4.72. The van der Waals surface area contributed by atoms with Gasteiger partial charge >= 0.3 is 7.12 Å². The zero-order valence-corrected chi connectivity index (χ0v) is 13.3. The first kappa shape index (κ1) is 14.9. The van der Waals surface area contributed by atoms with Gasteiger partial charge in [-0.15, -0.1) is 0 Å². The molecule has 2 heterocycles. The van der Waals surface area contributed by atoms with Crippen LogP contribution in [0.2, 0.25) is 0 Å². The van der Waals surface area contributed by atoms with Crippen LogP contribution in [0.1, 0.15) is 40.2 Å². The van der Waals surface area contributed by atoms with Gasteiger partial charge in [-0.25, -0.2) is 4.39 Å². The number of benzene rings is 1. The first-order chi connectivity index (χ1) is 9.69. The zero-order chi connectivity index (χ0) is 15.4. The highest BCUT2D eigenvalue weighted by atomic mass is 19.1. The lowest BCUT2D eigenvalue weighted by Crippen LogP contribution is -2.41. The van der Waals surface area contributed by atoms with E-state index in [0.29, 0.717) is 23.7 Å². The van der Waals surface area contributed by atoms with E-state index in [4.69, 9.17) is 14.0 Å². The van der Waals surface area contributed by atoms with Crippen molar-refractivity contribution < 1.29 is 18.4 Å². The third-order valence-corrected chi connectivity index (χ3v) is 4.78. The lowest BCUT2D eigenvalue weighted by Gasteiger charge is -2.32. The van der Waals surface area contributed by atoms with Crippen LogP contribution in [0.4, 0.5) is 4.39 Å². The summed E-state index contributed by atoms with van der Waals surface area (Å²) in [6, 6.07) is 3.30. The summed E-state index contributed by atoms with van der Waals surface area (Å²) in [5.74, 6) is 0.752. The fourth-order valence-electron chi connectivity index (χ4n) is 2.73. The number of hydrogen-bond acceptors (Lipinski definition) is 3. The largest absolute Gasteiger partial charge is 0.497 e. The molecule has 1 unspecified atom stereocenters.